The maximum absolute atomic E-state index is 9.65. The lowest BCUT2D eigenvalue weighted by Gasteiger charge is -2.03. The zero-order valence-electron chi connectivity index (χ0n) is 9.59. The lowest BCUT2D eigenvalue weighted by atomic mass is 10.1. The highest BCUT2D eigenvalue weighted by molar-refractivity contribution is 5.00. The first-order chi connectivity index (χ1) is 7.70. The maximum atomic E-state index is 9.65. The second-order valence-corrected chi connectivity index (χ2v) is 4.70. The van der Waals surface area contributed by atoms with Crippen LogP contribution in [0.4, 0.5) is 0 Å². The monoisotopic (exact) mass is 225 g/mol. The van der Waals surface area contributed by atoms with Crippen LogP contribution < -0.4 is 5.73 Å². The first kappa shape index (κ1) is 11.5. The maximum Gasteiger partial charge on any atom is 0.255 e. The molecule has 0 aromatic carbocycles. The van der Waals surface area contributed by atoms with Gasteiger partial charge in [-0.25, -0.2) is 0 Å². The molecule has 2 unspecified atom stereocenters. The van der Waals surface area contributed by atoms with Crippen molar-refractivity contribution in [1.29, 1.82) is 0 Å². The molecule has 0 radical (unpaired) electrons. The molecule has 1 aliphatic carbocycles. The molecule has 1 aromatic heterocycles. The van der Waals surface area contributed by atoms with Gasteiger partial charge in [0.15, 0.2) is 5.82 Å². The zero-order valence-corrected chi connectivity index (χ0v) is 9.59. The van der Waals surface area contributed by atoms with E-state index in [1.165, 1.54) is 6.42 Å². The van der Waals surface area contributed by atoms with Crippen molar-refractivity contribution in [1.82, 2.24) is 10.1 Å². The molecule has 1 aliphatic rings. The summed E-state index contributed by atoms with van der Waals surface area (Å²) >= 11 is 0. The summed E-state index contributed by atoms with van der Waals surface area (Å²) in [7, 11) is 0. The van der Waals surface area contributed by atoms with E-state index in [0.29, 0.717) is 24.8 Å². The molecule has 0 bridgehead atoms. The highest BCUT2D eigenvalue weighted by Crippen LogP contribution is 2.36. The highest BCUT2D eigenvalue weighted by atomic mass is 16.5. The van der Waals surface area contributed by atoms with Gasteiger partial charge in [0.2, 0.25) is 0 Å². The van der Waals surface area contributed by atoms with Crippen LogP contribution in [0.3, 0.4) is 0 Å². The van der Waals surface area contributed by atoms with Crippen molar-refractivity contribution in [2.45, 2.75) is 44.6 Å². The average Bonchev–Trinajstić information content (AvgIpc) is 2.85. The van der Waals surface area contributed by atoms with Crippen LogP contribution in [-0.2, 0) is 0 Å². The van der Waals surface area contributed by atoms with Crippen molar-refractivity contribution in [2.75, 3.05) is 6.54 Å². The lowest BCUT2D eigenvalue weighted by molar-refractivity contribution is 0.127. The summed E-state index contributed by atoms with van der Waals surface area (Å²) < 4.78 is 5.06. The largest absolute Gasteiger partial charge is 0.383 e. The minimum absolute atomic E-state index is 0.306. The topological polar surface area (TPSA) is 85.2 Å². The third-order valence-electron chi connectivity index (χ3n) is 3.24. The Morgan fingerprint density at radius 2 is 2.38 bits per heavy atom. The van der Waals surface area contributed by atoms with Crippen LogP contribution in [-0.4, -0.2) is 21.8 Å². The van der Waals surface area contributed by atoms with Crippen molar-refractivity contribution in [3.8, 4) is 0 Å². The molecule has 90 valence electrons. The second kappa shape index (κ2) is 4.93. The Labute approximate surface area is 95.0 Å². The number of aliphatic hydroxyl groups is 1. The molecular formula is C11H19N3O2. The summed E-state index contributed by atoms with van der Waals surface area (Å²) in [5.74, 6) is 2.19. The Kier molecular flexibility index (Phi) is 3.56. The molecular weight excluding hydrogens is 206 g/mol. The molecule has 5 heteroatoms. The van der Waals surface area contributed by atoms with E-state index in [-0.39, 0.29) is 0 Å². The second-order valence-electron chi connectivity index (χ2n) is 4.70. The van der Waals surface area contributed by atoms with Gasteiger partial charge in [-0.2, -0.15) is 4.98 Å². The Morgan fingerprint density at radius 1 is 1.56 bits per heavy atom. The average molecular weight is 225 g/mol. The van der Waals surface area contributed by atoms with Gasteiger partial charge < -0.3 is 15.4 Å². The van der Waals surface area contributed by atoms with E-state index in [9.17, 15) is 5.11 Å². The van der Waals surface area contributed by atoms with Gasteiger partial charge in [0.05, 0.1) is 0 Å². The van der Waals surface area contributed by atoms with Gasteiger partial charge >= 0.3 is 0 Å². The van der Waals surface area contributed by atoms with Gasteiger partial charge in [0, 0.05) is 5.92 Å². The van der Waals surface area contributed by atoms with E-state index >= 15 is 0 Å². The standard InChI is InChI=1S/C11H19N3O2/c1-7-2-3-8(6-7)10-13-11(16-14-10)9(15)4-5-12/h7-9,15H,2-6,12H2,1H3/t7?,8?,9-/m0/s1. The predicted octanol–water partition coefficient (Wildman–Crippen LogP) is 1.36. The third-order valence-corrected chi connectivity index (χ3v) is 3.24. The summed E-state index contributed by atoms with van der Waals surface area (Å²) in [4.78, 5) is 4.26. The molecule has 0 amide bonds. The third kappa shape index (κ3) is 2.41. The van der Waals surface area contributed by atoms with Crippen LogP contribution in [0.15, 0.2) is 4.52 Å². The molecule has 0 spiro atoms. The molecule has 1 heterocycles. The Morgan fingerprint density at radius 3 is 3.00 bits per heavy atom. The minimum atomic E-state index is -0.718. The van der Waals surface area contributed by atoms with E-state index in [1.807, 2.05) is 0 Å². The van der Waals surface area contributed by atoms with E-state index in [0.717, 1.165) is 24.6 Å². The fourth-order valence-corrected chi connectivity index (χ4v) is 2.27. The number of nitrogens with two attached hydrogens (primary N) is 1. The molecule has 1 fully saturated rings. The first-order valence-electron chi connectivity index (χ1n) is 5.92. The molecule has 3 N–H and O–H groups in total. The summed E-state index contributed by atoms with van der Waals surface area (Å²) in [6.07, 6.45) is 3.20. The molecule has 1 saturated carbocycles. The summed E-state index contributed by atoms with van der Waals surface area (Å²) in [6, 6.07) is 0. The number of aromatic nitrogens is 2. The van der Waals surface area contributed by atoms with Crippen LogP contribution >= 0.6 is 0 Å². The lowest BCUT2D eigenvalue weighted by Crippen LogP contribution is -2.07. The fourth-order valence-electron chi connectivity index (χ4n) is 2.27. The number of nitrogens with zero attached hydrogens (tertiary/aromatic N) is 2. The molecule has 0 aliphatic heterocycles. The van der Waals surface area contributed by atoms with E-state index < -0.39 is 6.10 Å². The molecule has 3 atom stereocenters. The molecule has 16 heavy (non-hydrogen) atoms. The summed E-state index contributed by atoms with van der Waals surface area (Å²) in [5.41, 5.74) is 5.36. The predicted molar refractivity (Wildman–Crippen MR) is 58.7 cm³/mol. The quantitative estimate of drug-likeness (QED) is 0.808. The number of hydrogen-bond donors (Lipinski definition) is 2. The van der Waals surface area contributed by atoms with E-state index in [2.05, 4.69) is 17.1 Å². The number of aliphatic hydroxyl groups excluding tert-OH is 1. The van der Waals surface area contributed by atoms with Crippen LogP contribution in [0, 0.1) is 5.92 Å². The minimum Gasteiger partial charge on any atom is -0.383 e. The van der Waals surface area contributed by atoms with Crippen LogP contribution in [0.5, 0.6) is 0 Å². The zero-order chi connectivity index (χ0) is 11.5. The SMILES string of the molecule is CC1CCC(c2noc([C@@H](O)CCN)n2)C1. The van der Waals surface area contributed by atoms with Gasteiger partial charge in [-0.3, -0.25) is 0 Å². The molecule has 5 nitrogen and oxygen atoms in total. The van der Waals surface area contributed by atoms with E-state index in [4.69, 9.17) is 10.3 Å². The Bertz CT molecular complexity index is 340. The first-order valence-corrected chi connectivity index (χ1v) is 5.92. The van der Waals surface area contributed by atoms with E-state index in [1.54, 1.807) is 0 Å². The van der Waals surface area contributed by atoms with Crippen molar-refractivity contribution < 1.29 is 9.63 Å². The van der Waals surface area contributed by atoms with Gasteiger partial charge in [-0.1, -0.05) is 12.1 Å². The number of rotatable bonds is 4. The fraction of sp³-hybridized carbons (Fsp3) is 0.818. The van der Waals surface area contributed by atoms with Crippen molar-refractivity contribution in [3.05, 3.63) is 11.7 Å². The Balaban J connectivity index is 2.01. The van der Waals surface area contributed by atoms with Gasteiger partial charge in [-0.15, -0.1) is 0 Å². The van der Waals surface area contributed by atoms with Gasteiger partial charge in [0.25, 0.3) is 5.89 Å². The van der Waals surface area contributed by atoms with Crippen molar-refractivity contribution >= 4 is 0 Å². The molecule has 2 rings (SSSR count). The summed E-state index contributed by atoms with van der Waals surface area (Å²) in [5, 5.41) is 13.6. The number of hydrogen-bond acceptors (Lipinski definition) is 5. The highest BCUT2D eigenvalue weighted by Gasteiger charge is 2.27. The molecule has 0 saturated heterocycles. The van der Waals surface area contributed by atoms with Crippen LogP contribution in [0.1, 0.15) is 56.3 Å². The van der Waals surface area contributed by atoms with Crippen LogP contribution in [0.2, 0.25) is 0 Å². The molecule has 1 aromatic rings. The van der Waals surface area contributed by atoms with Gasteiger partial charge in [-0.05, 0) is 38.1 Å². The van der Waals surface area contributed by atoms with Gasteiger partial charge in [0.1, 0.15) is 6.10 Å². The van der Waals surface area contributed by atoms with Crippen molar-refractivity contribution in [2.24, 2.45) is 11.7 Å². The Hall–Kier alpha value is -0.940. The smallest absolute Gasteiger partial charge is 0.255 e. The summed E-state index contributed by atoms with van der Waals surface area (Å²) in [6.45, 7) is 2.66. The normalized spacial score (nSPS) is 27.2. The van der Waals surface area contributed by atoms with Crippen molar-refractivity contribution in [3.63, 3.8) is 0 Å². The van der Waals surface area contributed by atoms with Crippen LogP contribution in [0.25, 0.3) is 0 Å².